The number of esters is 2. The molecule has 8 heteroatoms. The van der Waals surface area contributed by atoms with Crippen molar-refractivity contribution < 1.29 is 28.5 Å². The van der Waals surface area contributed by atoms with Gasteiger partial charge in [-0.15, -0.1) is 0 Å². The molecule has 0 saturated heterocycles. The topological polar surface area (TPSA) is 88.4 Å². The quantitative estimate of drug-likeness (QED) is 0.638. The molecule has 0 aliphatic heterocycles. The van der Waals surface area contributed by atoms with Gasteiger partial charge in [-0.1, -0.05) is 6.07 Å². The maximum atomic E-state index is 12.6. The van der Waals surface area contributed by atoms with Gasteiger partial charge in [-0.25, -0.2) is 14.6 Å². The molecule has 27 heavy (non-hydrogen) atoms. The number of hydrogen-bond acceptors (Lipinski definition) is 7. The molecule has 0 radical (unpaired) electrons. The Morgan fingerprint density at radius 2 is 1.63 bits per heavy atom. The van der Waals surface area contributed by atoms with Gasteiger partial charge in [0, 0.05) is 18.0 Å². The number of hydrogen-bond donors (Lipinski definition) is 0. The minimum Gasteiger partial charge on any atom is -0.493 e. The van der Waals surface area contributed by atoms with Crippen LogP contribution in [0, 0.1) is 0 Å². The molecule has 0 unspecified atom stereocenters. The highest BCUT2D eigenvalue weighted by molar-refractivity contribution is 6.07. The van der Waals surface area contributed by atoms with Crippen LogP contribution < -0.4 is 9.47 Å². The Kier molecular flexibility index (Phi) is 4.98. The molecule has 8 nitrogen and oxygen atoms in total. The van der Waals surface area contributed by atoms with Crippen LogP contribution in [0.4, 0.5) is 0 Å². The molecular formula is C19H18N2O6. The summed E-state index contributed by atoms with van der Waals surface area (Å²) in [5, 5.41) is 0. The molecule has 0 spiro atoms. The standard InChI is InChI=1S/C19H18N2O6/c1-24-13-6-5-11(9-14(13)25-2)12-10-15-20-7-8-21(15)17(19(23)27-4)16(12)18(22)26-3/h5-10H,1-4H3. The summed E-state index contributed by atoms with van der Waals surface area (Å²) < 4.78 is 21.9. The lowest BCUT2D eigenvalue weighted by Crippen LogP contribution is -2.17. The van der Waals surface area contributed by atoms with Crippen LogP contribution in [0.5, 0.6) is 11.5 Å². The number of nitrogens with zero attached hydrogens (tertiary/aromatic N) is 2. The highest BCUT2D eigenvalue weighted by Crippen LogP contribution is 2.35. The third-order valence-electron chi connectivity index (χ3n) is 4.15. The van der Waals surface area contributed by atoms with E-state index in [9.17, 15) is 9.59 Å². The van der Waals surface area contributed by atoms with Crippen LogP contribution in [0.15, 0.2) is 36.7 Å². The SMILES string of the molecule is COC(=O)c1c(-c2ccc(OC)c(OC)c2)cc2nccn2c1C(=O)OC. The average Bonchev–Trinajstić information content (AvgIpc) is 3.18. The van der Waals surface area contributed by atoms with E-state index in [-0.39, 0.29) is 11.3 Å². The van der Waals surface area contributed by atoms with Gasteiger partial charge in [0.25, 0.3) is 0 Å². The number of ether oxygens (including phenoxy) is 4. The fourth-order valence-electron chi connectivity index (χ4n) is 2.90. The number of rotatable bonds is 5. The van der Waals surface area contributed by atoms with Gasteiger partial charge in [0.05, 0.1) is 34.0 Å². The van der Waals surface area contributed by atoms with Gasteiger partial charge in [-0.05, 0) is 23.8 Å². The van der Waals surface area contributed by atoms with E-state index in [1.807, 2.05) is 0 Å². The Morgan fingerprint density at radius 1 is 0.926 bits per heavy atom. The summed E-state index contributed by atoms with van der Waals surface area (Å²) in [7, 11) is 5.54. The number of carbonyl (C=O) groups excluding carboxylic acids is 2. The normalized spacial score (nSPS) is 10.5. The second kappa shape index (κ2) is 7.36. The van der Waals surface area contributed by atoms with Crippen LogP contribution in [-0.2, 0) is 9.47 Å². The van der Waals surface area contributed by atoms with Crippen molar-refractivity contribution in [1.29, 1.82) is 0 Å². The van der Waals surface area contributed by atoms with Crippen molar-refractivity contribution >= 4 is 17.6 Å². The van der Waals surface area contributed by atoms with E-state index in [2.05, 4.69) is 4.98 Å². The lowest BCUT2D eigenvalue weighted by molar-refractivity contribution is 0.0549. The minimum absolute atomic E-state index is 0.0316. The monoisotopic (exact) mass is 370 g/mol. The Morgan fingerprint density at radius 3 is 2.26 bits per heavy atom. The summed E-state index contributed by atoms with van der Waals surface area (Å²) in [6.07, 6.45) is 3.10. The largest absolute Gasteiger partial charge is 0.493 e. The van der Waals surface area contributed by atoms with E-state index in [1.54, 1.807) is 30.5 Å². The summed E-state index contributed by atoms with van der Waals surface area (Å²) in [6.45, 7) is 0. The van der Waals surface area contributed by atoms with E-state index < -0.39 is 11.9 Å². The van der Waals surface area contributed by atoms with Crippen molar-refractivity contribution in [2.75, 3.05) is 28.4 Å². The van der Waals surface area contributed by atoms with Crippen LogP contribution in [0.3, 0.4) is 0 Å². The van der Waals surface area contributed by atoms with E-state index in [0.29, 0.717) is 28.3 Å². The van der Waals surface area contributed by atoms with Crippen LogP contribution in [0.2, 0.25) is 0 Å². The van der Waals surface area contributed by atoms with Gasteiger partial charge in [-0.2, -0.15) is 0 Å². The van der Waals surface area contributed by atoms with Gasteiger partial charge in [-0.3, -0.25) is 4.40 Å². The number of fused-ring (bicyclic) bond motifs is 1. The maximum absolute atomic E-state index is 12.6. The van der Waals surface area contributed by atoms with Gasteiger partial charge in [0.1, 0.15) is 11.3 Å². The molecular weight excluding hydrogens is 352 g/mol. The Labute approximate surface area is 155 Å². The summed E-state index contributed by atoms with van der Waals surface area (Å²) >= 11 is 0. The molecule has 0 aliphatic carbocycles. The Balaban J connectivity index is 2.38. The molecule has 3 rings (SSSR count). The number of carbonyl (C=O) groups is 2. The van der Waals surface area contributed by atoms with Crippen LogP contribution >= 0.6 is 0 Å². The first-order valence-corrected chi connectivity index (χ1v) is 7.94. The first-order chi connectivity index (χ1) is 13.0. The average molecular weight is 370 g/mol. The van der Waals surface area contributed by atoms with E-state index in [0.717, 1.165) is 0 Å². The second-order valence-corrected chi connectivity index (χ2v) is 5.49. The third kappa shape index (κ3) is 3.05. The fourth-order valence-corrected chi connectivity index (χ4v) is 2.90. The first-order valence-electron chi connectivity index (χ1n) is 7.94. The molecule has 3 aromatic rings. The predicted molar refractivity (Wildman–Crippen MR) is 96.4 cm³/mol. The number of methoxy groups -OCH3 is 4. The van der Waals surface area contributed by atoms with Crippen molar-refractivity contribution in [3.05, 3.63) is 47.9 Å². The number of imidazole rings is 1. The molecule has 0 amide bonds. The highest BCUT2D eigenvalue weighted by atomic mass is 16.5. The molecule has 0 fully saturated rings. The van der Waals surface area contributed by atoms with Crippen LogP contribution in [-0.4, -0.2) is 49.8 Å². The Bertz CT molecular complexity index is 1020. The summed E-state index contributed by atoms with van der Waals surface area (Å²) in [4.78, 5) is 29.3. The number of pyridine rings is 1. The van der Waals surface area contributed by atoms with Crippen LogP contribution in [0.1, 0.15) is 20.8 Å². The van der Waals surface area contributed by atoms with Gasteiger partial charge in [0.2, 0.25) is 0 Å². The molecule has 140 valence electrons. The molecule has 0 aliphatic rings. The van der Waals surface area contributed by atoms with E-state index >= 15 is 0 Å². The Hall–Kier alpha value is -3.55. The van der Waals surface area contributed by atoms with Crippen molar-refractivity contribution in [2.24, 2.45) is 0 Å². The highest BCUT2D eigenvalue weighted by Gasteiger charge is 2.27. The van der Waals surface area contributed by atoms with Gasteiger partial charge in [0.15, 0.2) is 11.5 Å². The minimum atomic E-state index is -0.680. The zero-order valence-corrected chi connectivity index (χ0v) is 15.3. The summed E-state index contributed by atoms with van der Waals surface area (Å²) in [5.74, 6) is -0.332. The second-order valence-electron chi connectivity index (χ2n) is 5.49. The molecule has 0 saturated carbocycles. The lowest BCUT2D eigenvalue weighted by atomic mass is 9.98. The first kappa shape index (κ1) is 18.2. The van der Waals surface area contributed by atoms with Gasteiger partial charge >= 0.3 is 11.9 Å². The predicted octanol–water partition coefficient (Wildman–Crippen LogP) is 2.59. The summed E-state index contributed by atoms with van der Waals surface area (Å²) in [5.41, 5.74) is 1.67. The number of aromatic nitrogens is 2. The molecule has 2 heterocycles. The molecule has 0 atom stereocenters. The lowest BCUT2D eigenvalue weighted by Gasteiger charge is -2.16. The number of benzene rings is 1. The molecule has 0 bridgehead atoms. The zero-order valence-electron chi connectivity index (χ0n) is 15.3. The molecule has 0 N–H and O–H groups in total. The van der Waals surface area contributed by atoms with Crippen molar-refractivity contribution in [3.8, 4) is 22.6 Å². The maximum Gasteiger partial charge on any atom is 0.356 e. The van der Waals surface area contributed by atoms with Crippen molar-refractivity contribution in [2.45, 2.75) is 0 Å². The van der Waals surface area contributed by atoms with Gasteiger partial charge < -0.3 is 18.9 Å². The molecule has 2 aromatic heterocycles. The van der Waals surface area contributed by atoms with Crippen LogP contribution in [0.25, 0.3) is 16.8 Å². The van der Waals surface area contributed by atoms with Crippen molar-refractivity contribution in [3.63, 3.8) is 0 Å². The molecule has 1 aromatic carbocycles. The van der Waals surface area contributed by atoms with E-state index in [1.165, 1.54) is 39.0 Å². The summed E-state index contributed by atoms with van der Waals surface area (Å²) in [6, 6.07) is 6.87. The van der Waals surface area contributed by atoms with Crippen molar-refractivity contribution in [1.82, 2.24) is 9.38 Å². The zero-order chi connectivity index (χ0) is 19.6. The smallest absolute Gasteiger partial charge is 0.356 e. The van der Waals surface area contributed by atoms with E-state index in [4.69, 9.17) is 18.9 Å². The fraction of sp³-hybridized carbons (Fsp3) is 0.211. The third-order valence-corrected chi connectivity index (χ3v) is 4.15.